The summed E-state index contributed by atoms with van der Waals surface area (Å²) in [6.45, 7) is 1.86. The predicted octanol–water partition coefficient (Wildman–Crippen LogP) is 4.11. The summed E-state index contributed by atoms with van der Waals surface area (Å²) < 4.78 is 7.03. The van der Waals surface area contributed by atoms with Crippen molar-refractivity contribution in [3.8, 4) is 0 Å². The summed E-state index contributed by atoms with van der Waals surface area (Å²) in [5.41, 5.74) is 2.55. The van der Waals surface area contributed by atoms with Crippen molar-refractivity contribution in [2.24, 2.45) is 0 Å². The Bertz CT molecular complexity index is 1240. The number of nitrogens with one attached hydrogen (secondary N) is 2. The van der Waals surface area contributed by atoms with Gasteiger partial charge in [0.05, 0.1) is 12.3 Å². The Morgan fingerprint density at radius 2 is 2.00 bits per heavy atom. The van der Waals surface area contributed by atoms with Crippen LogP contribution in [0.4, 0.5) is 5.69 Å². The molecule has 0 radical (unpaired) electrons. The Morgan fingerprint density at radius 1 is 1.12 bits per heavy atom. The lowest BCUT2D eigenvalue weighted by Gasteiger charge is -2.18. The summed E-state index contributed by atoms with van der Waals surface area (Å²) in [5, 5.41) is 14.4. The van der Waals surface area contributed by atoms with Crippen LogP contribution in [0.15, 0.2) is 65.4 Å². The second kappa shape index (κ2) is 9.69. The van der Waals surface area contributed by atoms with Crippen molar-refractivity contribution >= 4 is 34.9 Å². The minimum Gasteiger partial charge on any atom is -0.459 e. The van der Waals surface area contributed by atoms with Gasteiger partial charge >= 0.3 is 0 Å². The molecular formula is C23H23N5O3S. The van der Waals surface area contributed by atoms with E-state index in [1.165, 1.54) is 6.26 Å². The number of anilines is 1. The summed E-state index contributed by atoms with van der Waals surface area (Å²) in [7, 11) is 0. The quantitative estimate of drug-likeness (QED) is 0.420. The minimum atomic E-state index is -0.372. The Morgan fingerprint density at radius 3 is 2.78 bits per heavy atom. The van der Waals surface area contributed by atoms with E-state index in [4.69, 9.17) is 4.42 Å². The smallest absolute Gasteiger partial charge is 0.291 e. The Kier molecular flexibility index (Phi) is 6.55. The van der Waals surface area contributed by atoms with E-state index in [9.17, 15) is 9.59 Å². The lowest BCUT2D eigenvalue weighted by atomic mass is 10.1. The van der Waals surface area contributed by atoms with E-state index in [0.29, 0.717) is 23.5 Å². The highest BCUT2D eigenvalue weighted by Gasteiger charge is 2.21. The molecule has 32 heavy (non-hydrogen) atoms. The molecule has 0 fully saturated rings. The molecular weight excluding hydrogens is 426 g/mol. The number of aryl methyl sites for hydroxylation is 1. The van der Waals surface area contributed by atoms with Crippen molar-refractivity contribution in [3.05, 3.63) is 83.7 Å². The molecule has 164 valence electrons. The van der Waals surface area contributed by atoms with Gasteiger partial charge < -0.3 is 15.1 Å². The number of fused-ring (bicyclic) bond motifs is 1. The molecule has 0 aliphatic carbocycles. The van der Waals surface area contributed by atoms with Crippen LogP contribution in [0.5, 0.6) is 0 Å². The monoisotopic (exact) mass is 449 g/mol. The summed E-state index contributed by atoms with van der Waals surface area (Å²) in [6, 6.07) is 13.8. The molecule has 4 aromatic rings. The van der Waals surface area contributed by atoms with Crippen LogP contribution >= 0.6 is 11.8 Å². The first-order valence-corrected chi connectivity index (χ1v) is 11.5. The minimum absolute atomic E-state index is 0.204. The van der Waals surface area contributed by atoms with Gasteiger partial charge in [-0.15, -0.1) is 10.2 Å². The van der Waals surface area contributed by atoms with Crippen LogP contribution in [0.1, 0.15) is 44.8 Å². The fourth-order valence-corrected chi connectivity index (χ4v) is 3.80. The number of pyridine rings is 1. The average Bonchev–Trinajstić information content (AvgIpc) is 3.48. The van der Waals surface area contributed by atoms with Crippen molar-refractivity contribution < 1.29 is 14.0 Å². The molecule has 1 unspecified atom stereocenters. The molecule has 0 saturated heterocycles. The van der Waals surface area contributed by atoms with Crippen molar-refractivity contribution in [3.63, 3.8) is 0 Å². The summed E-state index contributed by atoms with van der Waals surface area (Å²) in [5.74, 6) is 1.11. The maximum atomic E-state index is 13.1. The number of benzene rings is 1. The van der Waals surface area contributed by atoms with Crippen molar-refractivity contribution in [1.82, 2.24) is 19.9 Å². The summed E-state index contributed by atoms with van der Waals surface area (Å²) >= 11 is 1.70. The Labute approximate surface area is 189 Å². The van der Waals surface area contributed by atoms with Gasteiger partial charge in [-0.2, -0.15) is 11.8 Å². The number of hydrogen-bond donors (Lipinski definition) is 2. The number of aromatic nitrogens is 3. The van der Waals surface area contributed by atoms with Gasteiger partial charge in [-0.3, -0.25) is 14.0 Å². The van der Waals surface area contributed by atoms with Gasteiger partial charge in [-0.05, 0) is 67.3 Å². The lowest BCUT2D eigenvalue weighted by molar-refractivity contribution is 0.0932. The third-order valence-electron chi connectivity index (χ3n) is 5.06. The van der Waals surface area contributed by atoms with Gasteiger partial charge in [0.1, 0.15) is 0 Å². The van der Waals surface area contributed by atoms with Crippen LogP contribution in [-0.2, 0) is 0 Å². The fourth-order valence-electron chi connectivity index (χ4n) is 3.33. The van der Waals surface area contributed by atoms with Crippen molar-refractivity contribution in [1.29, 1.82) is 0 Å². The average molecular weight is 450 g/mol. The highest BCUT2D eigenvalue weighted by Crippen LogP contribution is 2.22. The van der Waals surface area contributed by atoms with Crippen LogP contribution in [0, 0.1) is 6.92 Å². The number of rotatable bonds is 8. The molecule has 0 bridgehead atoms. The number of nitrogens with zero attached hydrogens (tertiary/aromatic N) is 3. The van der Waals surface area contributed by atoms with Crippen LogP contribution in [0.25, 0.3) is 5.65 Å². The van der Waals surface area contributed by atoms with Gasteiger partial charge in [-0.25, -0.2) is 0 Å². The second-order valence-corrected chi connectivity index (χ2v) is 8.24. The number of furan rings is 1. The topological polar surface area (TPSA) is 102 Å². The van der Waals surface area contributed by atoms with E-state index >= 15 is 0 Å². The van der Waals surface area contributed by atoms with Gasteiger partial charge in [0.15, 0.2) is 17.2 Å². The molecule has 4 rings (SSSR count). The third kappa shape index (κ3) is 4.67. The standard InChI is InChI=1S/C23H23N5O3S/c1-15-8-9-16(14-18(15)25-23(30)19-6-5-12-31-19)22(29)24-17(10-13-32-2)21-27-26-20-7-3-4-11-28(20)21/h3-9,11-12,14,17H,10,13H2,1-2H3,(H,24,29)(H,25,30). The number of carbonyl (C=O) groups is 2. The van der Waals surface area contributed by atoms with Crippen molar-refractivity contribution in [2.45, 2.75) is 19.4 Å². The maximum Gasteiger partial charge on any atom is 0.291 e. The lowest BCUT2D eigenvalue weighted by Crippen LogP contribution is -2.30. The third-order valence-corrected chi connectivity index (χ3v) is 5.70. The zero-order valence-corrected chi connectivity index (χ0v) is 18.6. The molecule has 9 heteroatoms. The normalized spacial score (nSPS) is 11.9. The van der Waals surface area contributed by atoms with Crippen LogP contribution < -0.4 is 10.6 Å². The van der Waals surface area contributed by atoms with E-state index in [1.807, 2.05) is 42.0 Å². The molecule has 0 spiro atoms. The van der Waals surface area contributed by atoms with E-state index in [2.05, 4.69) is 20.8 Å². The first-order chi connectivity index (χ1) is 15.6. The Hall–Kier alpha value is -3.59. The largest absolute Gasteiger partial charge is 0.459 e. The first kappa shape index (κ1) is 21.6. The highest BCUT2D eigenvalue weighted by molar-refractivity contribution is 7.98. The fraction of sp³-hybridized carbons (Fsp3) is 0.217. The van der Waals surface area contributed by atoms with Gasteiger partial charge in [0, 0.05) is 17.4 Å². The highest BCUT2D eigenvalue weighted by atomic mass is 32.2. The van der Waals surface area contributed by atoms with Crippen LogP contribution in [0.3, 0.4) is 0 Å². The van der Waals surface area contributed by atoms with E-state index in [-0.39, 0.29) is 23.6 Å². The molecule has 1 aromatic carbocycles. The predicted molar refractivity (Wildman–Crippen MR) is 124 cm³/mol. The number of carbonyl (C=O) groups excluding carboxylic acids is 2. The molecule has 0 saturated carbocycles. The summed E-state index contributed by atoms with van der Waals surface area (Å²) in [4.78, 5) is 25.5. The second-order valence-electron chi connectivity index (χ2n) is 7.26. The molecule has 2 amide bonds. The van der Waals surface area contributed by atoms with E-state index in [1.54, 1.807) is 42.1 Å². The zero-order valence-electron chi connectivity index (χ0n) is 17.7. The Balaban J connectivity index is 1.56. The maximum absolute atomic E-state index is 13.1. The first-order valence-electron chi connectivity index (χ1n) is 10.1. The zero-order chi connectivity index (χ0) is 22.5. The SMILES string of the molecule is CSCCC(NC(=O)c1ccc(C)c(NC(=O)c2ccco2)c1)c1nnc2ccccn12. The molecule has 3 heterocycles. The number of thioether (sulfide) groups is 1. The molecule has 3 aromatic heterocycles. The molecule has 0 aliphatic heterocycles. The van der Waals surface area contributed by atoms with Crippen LogP contribution in [-0.4, -0.2) is 38.4 Å². The van der Waals surface area contributed by atoms with Gasteiger partial charge in [-0.1, -0.05) is 12.1 Å². The van der Waals surface area contributed by atoms with Gasteiger partial charge in [0.2, 0.25) is 0 Å². The van der Waals surface area contributed by atoms with Crippen LogP contribution in [0.2, 0.25) is 0 Å². The summed E-state index contributed by atoms with van der Waals surface area (Å²) in [6.07, 6.45) is 6.05. The molecule has 0 aliphatic rings. The molecule has 2 N–H and O–H groups in total. The molecule has 1 atom stereocenters. The molecule has 8 nitrogen and oxygen atoms in total. The van der Waals surface area contributed by atoms with E-state index in [0.717, 1.165) is 17.0 Å². The van der Waals surface area contributed by atoms with Gasteiger partial charge in [0.25, 0.3) is 11.8 Å². The number of hydrogen-bond acceptors (Lipinski definition) is 6. The van der Waals surface area contributed by atoms with E-state index < -0.39 is 0 Å². The number of amides is 2. The van der Waals surface area contributed by atoms with Crippen molar-refractivity contribution in [2.75, 3.05) is 17.3 Å².